The lowest BCUT2D eigenvalue weighted by Crippen LogP contribution is -2.16. The number of anilines is 1. The largest absolute Gasteiger partial charge is 0.326 e. The number of rotatable bonds is 3. The van der Waals surface area contributed by atoms with Crippen molar-refractivity contribution in [1.82, 2.24) is 4.98 Å². The molecule has 0 unspecified atom stereocenters. The van der Waals surface area contributed by atoms with Crippen LogP contribution in [0.5, 0.6) is 0 Å². The first kappa shape index (κ1) is 15.2. The molecule has 0 saturated heterocycles. The second-order valence-corrected chi connectivity index (χ2v) is 8.21. The monoisotopic (exact) mass is 314 g/mol. The number of aromatic nitrogens is 1. The van der Waals surface area contributed by atoms with Crippen LogP contribution in [-0.2, 0) is 4.79 Å². The summed E-state index contributed by atoms with van der Waals surface area (Å²) in [6.07, 6.45) is 2.22. The van der Waals surface area contributed by atoms with Crippen molar-refractivity contribution < 1.29 is 4.79 Å². The van der Waals surface area contributed by atoms with Gasteiger partial charge in [0.15, 0.2) is 0 Å². The lowest BCUT2D eigenvalue weighted by molar-refractivity contribution is -0.118. The second kappa shape index (κ2) is 5.20. The van der Waals surface area contributed by atoms with Gasteiger partial charge >= 0.3 is 0 Å². The first-order valence-electron chi connectivity index (χ1n) is 7.62. The molecule has 116 valence electrons. The number of hydrogen-bond acceptors (Lipinski definition) is 3. The predicted octanol–water partition coefficient (Wildman–Crippen LogP) is 4.78. The summed E-state index contributed by atoms with van der Waals surface area (Å²) in [5, 5.41) is 4.12. The quantitative estimate of drug-likeness (QED) is 0.828. The van der Waals surface area contributed by atoms with Crippen LogP contribution in [0.3, 0.4) is 0 Å². The van der Waals surface area contributed by atoms with E-state index in [2.05, 4.69) is 44.1 Å². The van der Waals surface area contributed by atoms with Crippen LogP contribution in [0.4, 0.5) is 5.69 Å². The van der Waals surface area contributed by atoms with Crippen molar-refractivity contribution in [2.45, 2.75) is 34.6 Å². The van der Waals surface area contributed by atoms with E-state index in [0.29, 0.717) is 5.92 Å². The third-order valence-electron chi connectivity index (χ3n) is 4.47. The number of thiazole rings is 1. The number of amides is 1. The molecule has 1 fully saturated rings. The number of carbonyl (C=O) groups is 1. The van der Waals surface area contributed by atoms with Gasteiger partial charge in [-0.3, -0.25) is 4.79 Å². The lowest BCUT2D eigenvalue weighted by atomic mass is 10.1. The molecule has 1 amide bonds. The fraction of sp³-hybridized carbons (Fsp3) is 0.444. The van der Waals surface area contributed by atoms with Gasteiger partial charge in [-0.25, -0.2) is 4.98 Å². The zero-order valence-electron chi connectivity index (χ0n) is 13.7. The highest BCUT2D eigenvalue weighted by Gasteiger charge is 2.60. The maximum absolute atomic E-state index is 12.6. The van der Waals surface area contributed by atoms with E-state index in [1.807, 2.05) is 25.1 Å². The van der Waals surface area contributed by atoms with E-state index in [4.69, 9.17) is 0 Å². The van der Waals surface area contributed by atoms with Gasteiger partial charge in [0.05, 0.1) is 21.1 Å². The Hall–Kier alpha value is -1.68. The molecule has 1 aliphatic carbocycles. The molecule has 1 saturated carbocycles. The Balaban J connectivity index is 1.77. The number of nitrogens with one attached hydrogen (secondary N) is 1. The Morgan fingerprint density at radius 2 is 2.09 bits per heavy atom. The van der Waals surface area contributed by atoms with Gasteiger partial charge in [-0.15, -0.1) is 11.3 Å². The highest BCUT2D eigenvalue weighted by molar-refractivity contribution is 7.18. The molecule has 0 aliphatic heterocycles. The molecule has 4 heteroatoms. The first-order chi connectivity index (χ1) is 10.3. The number of allylic oxidation sites excluding steroid dienone is 2. The molecule has 0 spiro atoms. The van der Waals surface area contributed by atoms with Gasteiger partial charge in [-0.2, -0.15) is 0 Å². The van der Waals surface area contributed by atoms with E-state index in [9.17, 15) is 4.79 Å². The van der Waals surface area contributed by atoms with Crippen LogP contribution in [0.15, 0.2) is 29.8 Å². The normalized spacial score (nSPS) is 22.4. The molecule has 3 nitrogen and oxygen atoms in total. The third-order valence-corrected chi connectivity index (χ3v) is 5.40. The topological polar surface area (TPSA) is 42.0 Å². The molecule has 2 aromatic rings. The summed E-state index contributed by atoms with van der Waals surface area (Å²) in [6, 6.07) is 5.92. The Morgan fingerprint density at radius 1 is 1.36 bits per heavy atom. The van der Waals surface area contributed by atoms with Gasteiger partial charge in [-0.05, 0) is 50.3 Å². The minimum atomic E-state index is 0.0481. The minimum Gasteiger partial charge on any atom is -0.326 e. The Labute approximate surface area is 135 Å². The first-order valence-corrected chi connectivity index (χ1v) is 8.44. The fourth-order valence-corrected chi connectivity index (χ4v) is 4.05. The summed E-state index contributed by atoms with van der Waals surface area (Å²) in [4.78, 5) is 17.0. The molecule has 3 rings (SSSR count). The number of hydrogen-bond donors (Lipinski definition) is 1. The van der Waals surface area contributed by atoms with Crippen LogP contribution in [0.25, 0.3) is 10.2 Å². The molecular formula is C18H22N2OS. The van der Waals surface area contributed by atoms with Crippen molar-refractivity contribution >= 4 is 33.1 Å². The van der Waals surface area contributed by atoms with Gasteiger partial charge < -0.3 is 5.32 Å². The van der Waals surface area contributed by atoms with Crippen LogP contribution in [0.1, 0.15) is 32.7 Å². The highest BCUT2D eigenvalue weighted by Crippen LogP contribution is 2.59. The van der Waals surface area contributed by atoms with Crippen LogP contribution in [-0.4, -0.2) is 10.9 Å². The molecule has 22 heavy (non-hydrogen) atoms. The standard InChI is InChI=1S/C18H22N2OS/c1-10(2)8-13-16(18(13,4)5)17(21)20-12-6-7-14-15(9-12)22-11(3)19-14/h6-9,13,16H,1-5H3,(H,20,21)/t13-,16+/m0/s1. The average molecular weight is 314 g/mol. The fourth-order valence-electron chi connectivity index (χ4n) is 3.19. The van der Waals surface area contributed by atoms with Crippen molar-refractivity contribution in [1.29, 1.82) is 0 Å². The molecule has 0 radical (unpaired) electrons. The molecule has 1 N–H and O–H groups in total. The molecule has 2 atom stereocenters. The van der Waals surface area contributed by atoms with Crippen LogP contribution in [0.2, 0.25) is 0 Å². The van der Waals surface area contributed by atoms with Crippen molar-refractivity contribution in [3.05, 3.63) is 34.9 Å². The molecule has 1 aromatic heterocycles. The number of benzene rings is 1. The number of aryl methyl sites for hydroxylation is 1. The van der Waals surface area contributed by atoms with E-state index >= 15 is 0 Å². The number of carbonyl (C=O) groups excluding carboxylic acids is 1. The molecular weight excluding hydrogens is 292 g/mol. The summed E-state index contributed by atoms with van der Waals surface area (Å²) in [5.74, 6) is 0.515. The van der Waals surface area contributed by atoms with Gasteiger partial charge in [0, 0.05) is 5.69 Å². The zero-order chi connectivity index (χ0) is 16.1. The summed E-state index contributed by atoms with van der Waals surface area (Å²) in [7, 11) is 0. The number of nitrogens with zero attached hydrogens (tertiary/aromatic N) is 1. The Kier molecular flexibility index (Phi) is 3.60. The Morgan fingerprint density at radius 3 is 2.77 bits per heavy atom. The highest BCUT2D eigenvalue weighted by atomic mass is 32.1. The molecule has 0 bridgehead atoms. The molecule has 1 aromatic carbocycles. The SMILES string of the molecule is CC(C)=C[C@H]1[C@H](C(=O)Nc2ccc3nc(C)sc3c2)C1(C)C. The van der Waals surface area contributed by atoms with Crippen molar-refractivity contribution in [2.24, 2.45) is 17.3 Å². The number of fused-ring (bicyclic) bond motifs is 1. The Bertz CT molecular complexity index is 768. The van der Waals surface area contributed by atoms with Gasteiger partial charge in [0.25, 0.3) is 0 Å². The van der Waals surface area contributed by atoms with Gasteiger partial charge in [0.1, 0.15) is 0 Å². The summed E-state index contributed by atoms with van der Waals surface area (Å²) < 4.78 is 1.12. The predicted molar refractivity (Wildman–Crippen MR) is 93.2 cm³/mol. The zero-order valence-corrected chi connectivity index (χ0v) is 14.5. The van der Waals surface area contributed by atoms with E-state index < -0.39 is 0 Å². The van der Waals surface area contributed by atoms with E-state index in [1.165, 1.54) is 5.57 Å². The lowest BCUT2D eigenvalue weighted by Gasteiger charge is -2.06. The van der Waals surface area contributed by atoms with Crippen molar-refractivity contribution in [3.8, 4) is 0 Å². The minimum absolute atomic E-state index is 0.0481. The average Bonchev–Trinajstić information content (AvgIpc) is 2.75. The van der Waals surface area contributed by atoms with E-state index in [-0.39, 0.29) is 17.2 Å². The summed E-state index contributed by atoms with van der Waals surface area (Å²) in [5.41, 5.74) is 3.18. The van der Waals surface area contributed by atoms with Crippen molar-refractivity contribution in [2.75, 3.05) is 5.32 Å². The van der Waals surface area contributed by atoms with E-state index in [1.54, 1.807) is 11.3 Å². The van der Waals surface area contributed by atoms with Crippen LogP contribution < -0.4 is 5.32 Å². The summed E-state index contributed by atoms with van der Waals surface area (Å²) >= 11 is 1.65. The molecule has 1 heterocycles. The third kappa shape index (κ3) is 2.68. The van der Waals surface area contributed by atoms with Gasteiger partial charge in [0.2, 0.25) is 5.91 Å². The van der Waals surface area contributed by atoms with E-state index in [0.717, 1.165) is 20.9 Å². The smallest absolute Gasteiger partial charge is 0.228 e. The maximum Gasteiger partial charge on any atom is 0.228 e. The van der Waals surface area contributed by atoms with Crippen LogP contribution in [0, 0.1) is 24.2 Å². The second-order valence-electron chi connectivity index (χ2n) is 6.97. The summed E-state index contributed by atoms with van der Waals surface area (Å²) in [6.45, 7) is 10.5. The van der Waals surface area contributed by atoms with Gasteiger partial charge in [-0.1, -0.05) is 25.5 Å². The molecule has 1 aliphatic rings. The van der Waals surface area contributed by atoms with Crippen LogP contribution >= 0.6 is 11.3 Å². The maximum atomic E-state index is 12.6. The van der Waals surface area contributed by atoms with Crippen molar-refractivity contribution in [3.63, 3.8) is 0 Å².